The number of nitrogens with one attached hydrogen (secondary N) is 1. The van der Waals surface area contributed by atoms with Gasteiger partial charge in [-0.15, -0.1) is 0 Å². The molecule has 0 radical (unpaired) electrons. The van der Waals surface area contributed by atoms with E-state index in [2.05, 4.69) is 5.32 Å². The Morgan fingerprint density at radius 2 is 2.12 bits per heavy atom. The lowest BCUT2D eigenvalue weighted by atomic mass is 9.99. The maximum absolute atomic E-state index is 12.7. The minimum absolute atomic E-state index is 0.0264. The molecule has 0 saturated carbocycles. The Morgan fingerprint density at radius 3 is 2.73 bits per heavy atom. The van der Waals surface area contributed by atoms with Crippen LogP contribution in [-0.4, -0.2) is 34.9 Å². The molecule has 1 saturated heterocycles. The first-order valence-corrected chi connectivity index (χ1v) is 8.63. The first-order valence-electron chi connectivity index (χ1n) is 8.63. The van der Waals surface area contributed by atoms with Crippen LogP contribution in [0.4, 0.5) is 24.5 Å². The highest BCUT2D eigenvalue weighted by Crippen LogP contribution is 2.35. The number of rotatable bonds is 6. The van der Waals surface area contributed by atoms with Crippen LogP contribution in [0.15, 0.2) is 18.2 Å². The van der Waals surface area contributed by atoms with E-state index in [1.807, 2.05) is 11.8 Å². The van der Waals surface area contributed by atoms with Crippen LogP contribution in [0.5, 0.6) is 0 Å². The Bertz CT molecular complexity index is 664. The minimum atomic E-state index is -4.65. The standard InChI is InChI=1S/C17H22F3N3O3/c1-2-13-5-3-4-10-22(13)16(24)8-9-21-14-7-6-12(17(18,19)20)11-15(14)23(25)26/h6-7,11,13,21H,2-5,8-10H2,1H3. The molecule has 1 atom stereocenters. The summed E-state index contributed by atoms with van der Waals surface area (Å²) in [7, 11) is 0. The number of benzene rings is 1. The van der Waals surface area contributed by atoms with Crippen molar-refractivity contribution in [1.29, 1.82) is 0 Å². The SMILES string of the molecule is CCC1CCCCN1C(=O)CCNc1ccc(C(F)(F)F)cc1[N+](=O)[O-]. The molecule has 0 spiro atoms. The van der Waals surface area contributed by atoms with E-state index in [1.165, 1.54) is 0 Å². The number of amides is 1. The smallest absolute Gasteiger partial charge is 0.379 e. The molecule has 9 heteroatoms. The summed E-state index contributed by atoms with van der Waals surface area (Å²) in [6.07, 6.45) is -0.612. The van der Waals surface area contributed by atoms with Crippen LogP contribution in [-0.2, 0) is 11.0 Å². The number of nitrogens with zero attached hydrogens (tertiary/aromatic N) is 2. The van der Waals surface area contributed by atoms with Crippen LogP contribution in [0.3, 0.4) is 0 Å². The van der Waals surface area contributed by atoms with Crippen molar-refractivity contribution in [2.75, 3.05) is 18.4 Å². The number of carbonyl (C=O) groups is 1. The van der Waals surface area contributed by atoms with Crippen LogP contribution in [0.25, 0.3) is 0 Å². The summed E-state index contributed by atoms with van der Waals surface area (Å²) in [5.41, 5.74) is -1.76. The first-order chi connectivity index (χ1) is 12.2. The Balaban J connectivity index is 2.00. The molecule has 1 amide bonds. The number of nitro benzene ring substituents is 1. The molecular formula is C17H22F3N3O3. The summed E-state index contributed by atoms with van der Waals surface area (Å²) in [6, 6.07) is 2.54. The van der Waals surface area contributed by atoms with Gasteiger partial charge in [0.25, 0.3) is 5.69 Å². The van der Waals surface area contributed by atoms with Gasteiger partial charge in [0.15, 0.2) is 0 Å². The summed E-state index contributed by atoms with van der Waals surface area (Å²) in [6.45, 7) is 2.86. The van der Waals surface area contributed by atoms with Gasteiger partial charge in [0, 0.05) is 31.6 Å². The molecule has 1 N–H and O–H groups in total. The van der Waals surface area contributed by atoms with E-state index in [9.17, 15) is 28.1 Å². The Hall–Kier alpha value is -2.32. The Labute approximate surface area is 149 Å². The molecular weight excluding hydrogens is 351 g/mol. The van der Waals surface area contributed by atoms with Gasteiger partial charge in [0.1, 0.15) is 5.69 Å². The highest BCUT2D eigenvalue weighted by atomic mass is 19.4. The van der Waals surface area contributed by atoms with Crippen molar-refractivity contribution in [2.24, 2.45) is 0 Å². The second kappa shape index (κ2) is 8.37. The number of nitro groups is 1. The molecule has 1 aromatic carbocycles. The summed E-state index contributed by atoms with van der Waals surface area (Å²) in [5.74, 6) is -0.0429. The fourth-order valence-electron chi connectivity index (χ4n) is 3.21. The van der Waals surface area contributed by atoms with E-state index in [-0.39, 0.29) is 30.6 Å². The van der Waals surface area contributed by atoms with Crippen molar-refractivity contribution in [2.45, 2.75) is 51.2 Å². The molecule has 1 fully saturated rings. The molecule has 2 rings (SSSR count). The minimum Gasteiger partial charge on any atom is -0.379 e. The molecule has 26 heavy (non-hydrogen) atoms. The quantitative estimate of drug-likeness (QED) is 0.599. The van der Waals surface area contributed by atoms with E-state index in [1.54, 1.807) is 0 Å². The maximum atomic E-state index is 12.7. The van der Waals surface area contributed by atoms with E-state index < -0.39 is 22.4 Å². The van der Waals surface area contributed by atoms with Gasteiger partial charge >= 0.3 is 6.18 Å². The number of anilines is 1. The number of alkyl halides is 3. The zero-order valence-electron chi connectivity index (χ0n) is 14.5. The number of halogens is 3. The average molecular weight is 373 g/mol. The summed E-state index contributed by atoms with van der Waals surface area (Å²) < 4.78 is 38.1. The summed E-state index contributed by atoms with van der Waals surface area (Å²) >= 11 is 0. The third-order valence-electron chi connectivity index (χ3n) is 4.59. The molecule has 1 unspecified atom stereocenters. The lowest BCUT2D eigenvalue weighted by molar-refractivity contribution is -0.384. The third kappa shape index (κ3) is 4.86. The first kappa shape index (κ1) is 20.0. The fourth-order valence-corrected chi connectivity index (χ4v) is 3.21. The Morgan fingerprint density at radius 1 is 1.38 bits per heavy atom. The van der Waals surface area contributed by atoms with Gasteiger partial charge in [-0.25, -0.2) is 0 Å². The number of carbonyl (C=O) groups excluding carboxylic acids is 1. The van der Waals surface area contributed by atoms with Crippen LogP contribution >= 0.6 is 0 Å². The summed E-state index contributed by atoms with van der Waals surface area (Å²) in [5, 5.41) is 13.8. The van der Waals surface area contributed by atoms with E-state index >= 15 is 0 Å². The number of hydrogen-bond acceptors (Lipinski definition) is 4. The van der Waals surface area contributed by atoms with Crippen LogP contribution < -0.4 is 5.32 Å². The molecule has 1 aromatic rings. The predicted molar refractivity (Wildman–Crippen MR) is 90.8 cm³/mol. The monoisotopic (exact) mass is 373 g/mol. The Kier molecular flexibility index (Phi) is 6.44. The van der Waals surface area contributed by atoms with E-state index in [0.29, 0.717) is 12.6 Å². The molecule has 0 bridgehead atoms. The van der Waals surface area contributed by atoms with Crippen LogP contribution in [0, 0.1) is 10.1 Å². The van der Waals surface area contributed by atoms with Gasteiger partial charge in [-0.3, -0.25) is 14.9 Å². The van der Waals surface area contributed by atoms with Crippen molar-refractivity contribution < 1.29 is 22.9 Å². The molecule has 0 aromatic heterocycles. The number of piperidine rings is 1. The van der Waals surface area contributed by atoms with E-state index in [4.69, 9.17) is 0 Å². The van der Waals surface area contributed by atoms with Gasteiger partial charge in [0.05, 0.1) is 10.5 Å². The highest BCUT2D eigenvalue weighted by molar-refractivity contribution is 5.77. The molecule has 1 aliphatic heterocycles. The maximum Gasteiger partial charge on any atom is 0.416 e. The fraction of sp³-hybridized carbons (Fsp3) is 0.588. The molecule has 1 aliphatic rings. The third-order valence-corrected chi connectivity index (χ3v) is 4.59. The van der Waals surface area contributed by atoms with Gasteiger partial charge in [-0.05, 0) is 37.8 Å². The number of hydrogen-bond donors (Lipinski definition) is 1. The number of likely N-dealkylation sites (tertiary alicyclic amines) is 1. The van der Waals surface area contributed by atoms with Gasteiger partial charge in [-0.1, -0.05) is 6.92 Å². The van der Waals surface area contributed by atoms with Gasteiger partial charge < -0.3 is 10.2 Å². The zero-order valence-corrected chi connectivity index (χ0v) is 14.5. The van der Waals surface area contributed by atoms with Gasteiger partial charge in [-0.2, -0.15) is 13.2 Å². The van der Waals surface area contributed by atoms with E-state index in [0.717, 1.165) is 37.8 Å². The predicted octanol–water partition coefficient (Wildman–Crippen LogP) is 4.21. The van der Waals surface area contributed by atoms with Crippen molar-refractivity contribution in [3.8, 4) is 0 Å². The second-order valence-electron chi connectivity index (χ2n) is 6.31. The highest BCUT2D eigenvalue weighted by Gasteiger charge is 2.33. The lowest BCUT2D eigenvalue weighted by Crippen LogP contribution is -2.43. The van der Waals surface area contributed by atoms with Crippen molar-refractivity contribution >= 4 is 17.3 Å². The molecule has 1 heterocycles. The molecule has 6 nitrogen and oxygen atoms in total. The average Bonchev–Trinajstić information content (AvgIpc) is 2.60. The largest absolute Gasteiger partial charge is 0.416 e. The molecule has 0 aliphatic carbocycles. The van der Waals surface area contributed by atoms with Crippen LogP contribution in [0.1, 0.15) is 44.6 Å². The summed E-state index contributed by atoms with van der Waals surface area (Å²) in [4.78, 5) is 24.4. The van der Waals surface area contributed by atoms with Crippen molar-refractivity contribution in [3.05, 3.63) is 33.9 Å². The normalized spacial score (nSPS) is 17.8. The lowest BCUT2D eigenvalue weighted by Gasteiger charge is -2.35. The second-order valence-corrected chi connectivity index (χ2v) is 6.31. The molecule has 144 valence electrons. The van der Waals surface area contributed by atoms with Gasteiger partial charge in [0.2, 0.25) is 5.91 Å². The van der Waals surface area contributed by atoms with Crippen molar-refractivity contribution in [1.82, 2.24) is 4.90 Å². The zero-order chi connectivity index (χ0) is 19.3. The topological polar surface area (TPSA) is 75.5 Å². The van der Waals surface area contributed by atoms with Crippen LogP contribution in [0.2, 0.25) is 0 Å². The van der Waals surface area contributed by atoms with Crippen molar-refractivity contribution in [3.63, 3.8) is 0 Å².